The van der Waals surface area contributed by atoms with E-state index < -0.39 is 29.7 Å². The predicted octanol–water partition coefficient (Wildman–Crippen LogP) is 3.67. The number of benzene rings is 2. The van der Waals surface area contributed by atoms with Crippen molar-refractivity contribution in [1.82, 2.24) is 25.1 Å². The van der Waals surface area contributed by atoms with E-state index in [1.807, 2.05) is 24.3 Å². The van der Waals surface area contributed by atoms with Crippen molar-refractivity contribution in [3.8, 4) is 0 Å². The van der Waals surface area contributed by atoms with Gasteiger partial charge in [0.2, 0.25) is 11.8 Å². The number of imide groups is 2. The van der Waals surface area contributed by atoms with Crippen molar-refractivity contribution < 1.29 is 19.2 Å². The van der Waals surface area contributed by atoms with Gasteiger partial charge in [-0.25, -0.2) is 9.97 Å². The van der Waals surface area contributed by atoms with Crippen LogP contribution in [0.15, 0.2) is 50.9 Å². The fourth-order valence-electron chi connectivity index (χ4n) is 6.89. The molecular formula is C34H37BrClN9O4S. The fourth-order valence-corrected chi connectivity index (χ4v) is 8.73. The molecule has 7 rings (SSSR count). The number of piperidine rings is 2. The maximum absolute atomic E-state index is 13.4. The molecule has 0 saturated carbocycles. The van der Waals surface area contributed by atoms with E-state index in [-0.39, 0.29) is 29.5 Å². The summed E-state index contributed by atoms with van der Waals surface area (Å²) in [5, 5.41) is 3.45. The molecule has 1 aromatic heterocycles. The smallest absolute Gasteiger partial charge is 0.263 e. The van der Waals surface area contributed by atoms with Crippen LogP contribution in [0.3, 0.4) is 0 Å². The molecule has 3 aromatic rings. The summed E-state index contributed by atoms with van der Waals surface area (Å²) in [7, 11) is 0. The molecule has 5 heterocycles. The summed E-state index contributed by atoms with van der Waals surface area (Å²) in [5.41, 5.74) is 14.8. The van der Waals surface area contributed by atoms with Crippen LogP contribution in [0.1, 0.15) is 58.9 Å². The van der Waals surface area contributed by atoms with Crippen molar-refractivity contribution in [2.75, 3.05) is 54.8 Å². The number of nitrogens with one attached hydrogen (secondary N) is 1. The molecule has 0 radical (unpaired) electrons. The summed E-state index contributed by atoms with van der Waals surface area (Å²) >= 11 is 11.9. The van der Waals surface area contributed by atoms with Gasteiger partial charge in [-0.15, -0.1) is 0 Å². The molecule has 0 spiro atoms. The zero-order valence-corrected chi connectivity index (χ0v) is 30.6. The van der Waals surface area contributed by atoms with Gasteiger partial charge in [0, 0.05) is 67.1 Å². The summed E-state index contributed by atoms with van der Waals surface area (Å²) in [6.45, 7) is 7.23. The summed E-state index contributed by atoms with van der Waals surface area (Å²) in [4.78, 5) is 68.5. The number of amides is 4. The van der Waals surface area contributed by atoms with E-state index in [0.717, 1.165) is 79.0 Å². The molecule has 0 aliphatic carbocycles. The largest absolute Gasteiger partial charge is 0.381 e. The van der Waals surface area contributed by atoms with Gasteiger partial charge in [-0.05, 0) is 71.9 Å². The molecule has 4 aliphatic rings. The van der Waals surface area contributed by atoms with Crippen molar-refractivity contribution >= 4 is 80.2 Å². The highest BCUT2D eigenvalue weighted by Crippen LogP contribution is 2.40. The topological polar surface area (TPSA) is 171 Å². The highest BCUT2D eigenvalue weighted by molar-refractivity contribution is 9.10. The lowest BCUT2D eigenvalue weighted by Crippen LogP contribution is -2.54. The first kappa shape index (κ1) is 34.7. The predicted molar refractivity (Wildman–Crippen MR) is 194 cm³/mol. The second-order valence-corrected chi connectivity index (χ2v) is 15.7. The van der Waals surface area contributed by atoms with Crippen molar-refractivity contribution in [3.63, 3.8) is 0 Å². The van der Waals surface area contributed by atoms with Gasteiger partial charge >= 0.3 is 0 Å². The molecule has 13 nitrogen and oxygen atoms in total. The normalized spacial score (nSPS) is 21.1. The number of hydrogen-bond acceptors (Lipinski definition) is 12. The second kappa shape index (κ2) is 13.8. The zero-order valence-electron chi connectivity index (χ0n) is 27.5. The monoisotopic (exact) mass is 781 g/mol. The Labute approximate surface area is 307 Å². The first-order valence-corrected chi connectivity index (χ1v) is 18.5. The summed E-state index contributed by atoms with van der Waals surface area (Å²) in [6.07, 6.45) is 3.70. The van der Waals surface area contributed by atoms with Crippen molar-refractivity contribution in [2.24, 2.45) is 5.73 Å². The van der Waals surface area contributed by atoms with Crippen molar-refractivity contribution in [3.05, 3.63) is 62.7 Å². The minimum absolute atomic E-state index is 0.0720. The van der Waals surface area contributed by atoms with E-state index in [1.165, 1.54) is 11.8 Å². The van der Waals surface area contributed by atoms with Crippen LogP contribution in [0.2, 0.25) is 5.02 Å². The number of nitrogens with zero attached hydrogens (tertiary/aromatic N) is 6. The number of halogens is 2. The van der Waals surface area contributed by atoms with E-state index in [1.54, 1.807) is 12.3 Å². The van der Waals surface area contributed by atoms with Gasteiger partial charge in [-0.3, -0.25) is 34.3 Å². The number of piperazine rings is 1. The standard InChI is InChI=1S/C34H37BrClN9O4S/c1-34(38)7-9-44(10-8-34)25-17-39-31(29(37)40-25)50-24-4-2-3-22(28(24)36)43-13-11-42(12-14-43)18-19-15-20-27(21(35)16-19)33(49)45(32(20)48)23-5-6-26(46)41-30(23)47/h2-4,15-17,23H,5-14,18,38H2,1H3,(H2,37,40)(H,41,46,47). The number of nitrogens with two attached hydrogens (primary N) is 2. The molecule has 4 aliphatic heterocycles. The quantitative estimate of drug-likeness (QED) is 0.298. The highest BCUT2D eigenvalue weighted by atomic mass is 79.9. The van der Waals surface area contributed by atoms with E-state index in [2.05, 4.69) is 52.8 Å². The number of anilines is 3. The first-order chi connectivity index (χ1) is 23.9. The average Bonchev–Trinajstić information content (AvgIpc) is 3.32. The second-order valence-electron chi connectivity index (χ2n) is 13.5. The molecular weight excluding hydrogens is 746 g/mol. The molecule has 262 valence electrons. The third-order valence-corrected chi connectivity index (χ3v) is 12.0. The maximum atomic E-state index is 13.4. The van der Waals surface area contributed by atoms with Crippen LogP contribution in [0, 0.1) is 0 Å². The fraction of sp³-hybridized carbons (Fsp3) is 0.412. The van der Waals surface area contributed by atoms with Gasteiger partial charge < -0.3 is 21.3 Å². The molecule has 3 fully saturated rings. The van der Waals surface area contributed by atoms with Crippen molar-refractivity contribution in [2.45, 2.75) is 60.7 Å². The summed E-state index contributed by atoms with van der Waals surface area (Å²) in [6, 6.07) is 8.52. The lowest BCUT2D eigenvalue weighted by Gasteiger charge is -2.37. The molecule has 5 N–H and O–H groups in total. The summed E-state index contributed by atoms with van der Waals surface area (Å²) < 4.78 is 0.503. The van der Waals surface area contributed by atoms with E-state index in [0.29, 0.717) is 26.9 Å². The molecule has 1 unspecified atom stereocenters. The lowest BCUT2D eigenvalue weighted by atomic mass is 9.91. The van der Waals surface area contributed by atoms with Gasteiger partial charge in [0.25, 0.3) is 11.8 Å². The Kier molecular flexibility index (Phi) is 9.54. The molecule has 4 amide bonds. The van der Waals surface area contributed by atoms with Crippen LogP contribution in [-0.4, -0.2) is 94.2 Å². The number of hydrogen-bond donors (Lipinski definition) is 3. The van der Waals surface area contributed by atoms with Gasteiger partial charge in [0.05, 0.1) is 28.0 Å². The number of rotatable bonds is 7. The van der Waals surface area contributed by atoms with Crippen LogP contribution in [0.4, 0.5) is 17.3 Å². The SMILES string of the molecule is CC1(N)CCN(c2cnc(Sc3cccc(N4CCN(Cc5cc(Br)c6c(c5)C(=O)N(C5CCC(=O)NC5=O)C6=O)CC4)c3Cl)c(N)n2)CC1. The molecule has 50 heavy (non-hydrogen) atoms. The lowest BCUT2D eigenvalue weighted by molar-refractivity contribution is -0.136. The van der Waals surface area contributed by atoms with Gasteiger partial charge in [-0.1, -0.05) is 29.4 Å². The zero-order chi connectivity index (χ0) is 35.3. The molecule has 16 heteroatoms. The Morgan fingerprint density at radius 1 is 1.04 bits per heavy atom. The number of carbonyl (C=O) groups is 4. The van der Waals surface area contributed by atoms with E-state index in [9.17, 15) is 19.2 Å². The first-order valence-electron chi connectivity index (χ1n) is 16.5. The molecule has 1 atom stereocenters. The Morgan fingerprint density at radius 2 is 1.78 bits per heavy atom. The number of carbonyl (C=O) groups excluding carboxylic acids is 4. The number of fused-ring (bicyclic) bond motifs is 1. The minimum atomic E-state index is -1.01. The van der Waals surface area contributed by atoms with Crippen molar-refractivity contribution in [1.29, 1.82) is 0 Å². The van der Waals surface area contributed by atoms with Crippen LogP contribution < -0.4 is 26.6 Å². The Hall–Kier alpha value is -3.76. The minimum Gasteiger partial charge on any atom is -0.381 e. The highest BCUT2D eigenvalue weighted by Gasteiger charge is 2.45. The third kappa shape index (κ3) is 6.81. The van der Waals surface area contributed by atoms with Gasteiger partial charge in [0.15, 0.2) is 5.82 Å². The number of nitrogen functional groups attached to an aromatic ring is 1. The third-order valence-electron chi connectivity index (χ3n) is 9.80. The van der Waals surface area contributed by atoms with Gasteiger partial charge in [0.1, 0.15) is 16.9 Å². The van der Waals surface area contributed by atoms with Crippen LogP contribution in [0.25, 0.3) is 0 Å². The van der Waals surface area contributed by atoms with E-state index in [4.69, 9.17) is 23.1 Å². The Bertz CT molecular complexity index is 1890. The van der Waals surface area contributed by atoms with Crippen LogP contribution in [-0.2, 0) is 16.1 Å². The van der Waals surface area contributed by atoms with Crippen LogP contribution in [0.5, 0.6) is 0 Å². The molecule has 3 saturated heterocycles. The average molecular weight is 783 g/mol. The Balaban J connectivity index is 0.983. The Morgan fingerprint density at radius 3 is 2.48 bits per heavy atom. The number of aromatic nitrogens is 2. The summed E-state index contributed by atoms with van der Waals surface area (Å²) in [5.74, 6) is -0.985. The van der Waals surface area contributed by atoms with Crippen LogP contribution >= 0.6 is 39.3 Å². The molecule has 0 bridgehead atoms. The maximum Gasteiger partial charge on any atom is 0.263 e. The van der Waals surface area contributed by atoms with Gasteiger partial charge in [-0.2, -0.15) is 0 Å². The van der Waals surface area contributed by atoms with E-state index >= 15 is 0 Å². The molecule has 2 aromatic carbocycles.